The van der Waals surface area contributed by atoms with E-state index < -0.39 is 0 Å². The molecule has 20 heavy (non-hydrogen) atoms. The van der Waals surface area contributed by atoms with Crippen molar-refractivity contribution in [1.82, 2.24) is 10.6 Å². The van der Waals surface area contributed by atoms with E-state index in [1.54, 1.807) is 7.05 Å². The van der Waals surface area contributed by atoms with Crippen molar-refractivity contribution < 1.29 is 9.53 Å². The van der Waals surface area contributed by atoms with Gasteiger partial charge in [0, 0.05) is 13.6 Å². The number of carbonyl (C=O) groups is 1. The molecule has 1 aromatic rings. The van der Waals surface area contributed by atoms with Gasteiger partial charge in [-0.25, -0.2) is 0 Å². The lowest BCUT2D eigenvalue weighted by atomic mass is 10.0. The predicted molar refractivity (Wildman–Crippen MR) is 81.8 cm³/mol. The number of carbonyl (C=O) groups excluding carboxylic acids is 1. The van der Waals surface area contributed by atoms with Gasteiger partial charge in [0.05, 0.1) is 12.6 Å². The van der Waals surface area contributed by atoms with Gasteiger partial charge in [-0.15, -0.1) is 0 Å². The van der Waals surface area contributed by atoms with Crippen LogP contribution in [0, 0.1) is 5.92 Å². The van der Waals surface area contributed by atoms with Gasteiger partial charge < -0.3 is 15.4 Å². The van der Waals surface area contributed by atoms with Crippen LogP contribution >= 0.6 is 0 Å². The Labute approximate surface area is 121 Å². The Morgan fingerprint density at radius 1 is 1.25 bits per heavy atom. The van der Waals surface area contributed by atoms with Gasteiger partial charge in [-0.1, -0.05) is 26.0 Å². The number of amides is 1. The van der Waals surface area contributed by atoms with E-state index in [9.17, 15) is 4.79 Å². The lowest BCUT2D eigenvalue weighted by molar-refractivity contribution is -0.123. The van der Waals surface area contributed by atoms with Gasteiger partial charge >= 0.3 is 0 Å². The van der Waals surface area contributed by atoms with Crippen LogP contribution in [0.15, 0.2) is 24.3 Å². The maximum absolute atomic E-state index is 11.8. The standard InChI is InChI=1S/C16H26N2O2/c1-5-20-14-8-6-13(7-9-14)11-18-15(10-12(2)3)16(19)17-4/h6-9,12,15,18H,5,10-11H2,1-4H3,(H,17,19). The number of hydrogen-bond acceptors (Lipinski definition) is 3. The number of hydrogen-bond donors (Lipinski definition) is 2. The first-order valence-electron chi connectivity index (χ1n) is 7.23. The zero-order valence-corrected chi connectivity index (χ0v) is 12.9. The van der Waals surface area contributed by atoms with E-state index in [0.29, 0.717) is 19.1 Å². The second kappa shape index (κ2) is 8.59. The van der Waals surface area contributed by atoms with Crippen LogP contribution in [-0.4, -0.2) is 25.6 Å². The van der Waals surface area contributed by atoms with Gasteiger partial charge in [-0.2, -0.15) is 0 Å². The molecule has 2 N–H and O–H groups in total. The fourth-order valence-corrected chi connectivity index (χ4v) is 2.04. The van der Waals surface area contributed by atoms with Crippen molar-refractivity contribution in [2.24, 2.45) is 5.92 Å². The number of nitrogens with one attached hydrogen (secondary N) is 2. The van der Waals surface area contributed by atoms with Gasteiger partial charge in [-0.3, -0.25) is 4.79 Å². The third-order valence-corrected chi connectivity index (χ3v) is 3.06. The molecule has 1 amide bonds. The third kappa shape index (κ3) is 5.61. The van der Waals surface area contributed by atoms with Gasteiger partial charge in [-0.05, 0) is 37.0 Å². The quantitative estimate of drug-likeness (QED) is 0.767. The molecule has 4 nitrogen and oxygen atoms in total. The highest BCUT2D eigenvalue weighted by molar-refractivity contribution is 5.81. The van der Waals surface area contributed by atoms with Crippen LogP contribution in [-0.2, 0) is 11.3 Å². The first-order valence-corrected chi connectivity index (χ1v) is 7.23. The third-order valence-electron chi connectivity index (χ3n) is 3.06. The highest BCUT2D eigenvalue weighted by atomic mass is 16.5. The average molecular weight is 278 g/mol. The van der Waals surface area contributed by atoms with Crippen molar-refractivity contribution in [2.75, 3.05) is 13.7 Å². The second-order valence-corrected chi connectivity index (χ2v) is 5.25. The molecule has 4 heteroatoms. The molecule has 1 aromatic carbocycles. The summed E-state index contributed by atoms with van der Waals surface area (Å²) >= 11 is 0. The van der Waals surface area contributed by atoms with E-state index in [1.807, 2.05) is 31.2 Å². The summed E-state index contributed by atoms with van der Waals surface area (Å²) in [5, 5.41) is 6.03. The highest BCUT2D eigenvalue weighted by Crippen LogP contribution is 2.12. The molecule has 0 aliphatic heterocycles. The number of rotatable bonds is 8. The monoisotopic (exact) mass is 278 g/mol. The summed E-state index contributed by atoms with van der Waals surface area (Å²) in [6.45, 7) is 7.56. The van der Waals surface area contributed by atoms with Crippen LogP contribution in [0.1, 0.15) is 32.8 Å². The van der Waals surface area contributed by atoms with E-state index in [-0.39, 0.29) is 11.9 Å². The molecule has 0 saturated carbocycles. The Hall–Kier alpha value is -1.55. The molecule has 0 bridgehead atoms. The van der Waals surface area contributed by atoms with E-state index >= 15 is 0 Å². The van der Waals surface area contributed by atoms with Crippen LogP contribution in [0.5, 0.6) is 5.75 Å². The fourth-order valence-electron chi connectivity index (χ4n) is 2.04. The zero-order chi connectivity index (χ0) is 15.0. The number of benzene rings is 1. The smallest absolute Gasteiger partial charge is 0.236 e. The molecule has 1 unspecified atom stereocenters. The Morgan fingerprint density at radius 3 is 2.40 bits per heavy atom. The van der Waals surface area contributed by atoms with Crippen molar-refractivity contribution >= 4 is 5.91 Å². The molecule has 0 spiro atoms. The second-order valence-electron chi connectivity index (χ2n) is 5.25. The molecular formula is C16H26N2O2. The van der Waals surface area contributed by atoms with Crippen molar-refractivity contribution in [3.63, 3.8) is 0 Å². The van der Waals surface area contributed by atoms with Crippen LogP contribution in [0.25, 0.3) is 0 Å². The topological polar surface area (TPSA) is 50.4 Å². The minimum absolute atomic E-state index is 0.0460. The average Bonchev–Trinajstić information content (AvgIpc) is 2.44. The molecule has 0 heterocycles. The molecule has 1 rings (SSSR count). The summed E-state index contributed by atoms with van der Waals surface area (Å²) < 4.78 is 5.41. The SMILES string of the molecule is CCOc1ccc(CNC(CC(C)C)C(=O)NC)cc1. The Balaban J connectivity index is 2.55. The van der Waals surface area contributed by atoms with E-state index in [2.05, 4.69) is 24.5 Å². The molecule has 112 valence electrons. The van der Waals surface area contributed by atoms with Gasteiger partial charge in [0.2, 0.25) is 5.91 Å². The van der Waals surface area contributed by atoms with Crippen molar-refractivity contribution in [2.45, 2.75) is 39.8 Å². The predicted octanol–water partition coefficient (Wildman–Crippen LogP) is 2.34. The molecule has 1 atom stereocenters. The highest BCUT2D eigenvalue weighted by Gasteiger charge is 2.17. The largest absolute Gasteiger partial charge is 0.494 e. The first-order chi connectivity index (χ1) is 9.56. The van der Waals surface area contributed by atoms with Crippen molar-refractivity contribution in [1.29, 1.82) is 0 Å². The lowest BCUT2D eigenvalue weighted by Crippen LogP contribution is -2.43. The molecule has 0 saturated heterocycles. The minimum Gasteiger partial charge on any atom is -0.494 e. The number of likely N-dealkylation sites (N-methyl/N-ethyl adjacent to an activating group) is 1. The van der Waals surface area contributed by atoms with Crippen LogP contribution in [0.3, 0.4) is 0 Å². The van der Waals surface area contributed by atoms with Gasteiger partial charge in [0.25, 0.3) is 0 Å². The summed E-state index contributed by atoms with van der Waals surface area (Å²) in [4.78, 5) is 11.8. The minimum atomic E-state index is -0.147. The summed E-state index contributed by atoms with van der Waals surface area (Å²) in [5.41, 5.74) is 1.14. The molecule has 0 fully saturated rings. The van der Waals surface area contributed by atoms with Gasteiger partial charge in [0.15, 0.2) is 0 Å². The fraction of sp³-hybridized carbons (Fsp3) is 0.562. The molecule has 0 aliphatic rings. The van der Waals surface area contributed by atoms with E-state index in [0.717, 1.165) is 17.7 Å². The summed E-state index contributed by atoms with van der Waals surface area (Å²) in [7, 11) is 1.67. The molecule has 0 radical (unpaired) electrons. The van der Waals surface area contributed by atoms with E-state index in [4.69, 9.17) is 4.74 Å². The summed E-state index contributed by atoms with van der Waals surface area (Å²) in [5.74, 6) is 1.40. The van der Waals surface area contributed by atoms with E-state index in [1.165, 1.54) is 0 Å². The summed E-state index contributed by atoms with van der Waals surface area (Å²) in [6.07, 6.45) is 0.830. The van der Waals surface area contributed by atoms with Crippen molar-refractivity contribution in [3.05, 3.63) is 29.8 Å². The first kappa shape index (κ1) is 16.5. The molecule has 0 aromatic heterocycles. The van der Waals surface area contributed by atoms with Crippen LogP contribution in [0.4, 0.5) is 0 Å². The van der Waals surface area contributed by atoms with Crippen molar-refractivity contribution in [3.8, 4) is 5.75 Å². The van der Waals surface area contributed by atoms with Crippen LogP contribution < -0.4 is 15.4 Å². The Bertz CT molecular complexity index is 401. The Morgan fingerprint density at radius 2 is 1.90 bits per heavy atom. The number of ether oxygens (including phenoxy) is 1. The maximum atomic E-state index is 11.8. The Kier molecular flexibility index (Phi) is 7.09. The molecule has 0 aliphatic carbocycles. The zero-order valence-electron chi connectivity index (χ0n) is 12.9. The van der Waals surface area contributed by atoms with Gasteiger partial charge in [0.1, 0.15) is 5.75 Å². The summed E-state index contributed by atoms with van der Waals surface area (Å²) in [6, 6.07) is 7.81. The normalized spacial score (nSPS) is 12.2. The maximum Gasteiger partial charge on any atom is 0.236 e. The van der Waals surface area contributed by atoms with Crippen LogP contribution in [0.2, 0.25) is 0 Å². The lowest BCUT2D eigenvalue weighted by Gasteiger charge is -2.19. The molecular weight excluding hydrogens is 252 g/mol.